The van der Waals surface area contributed by atoms with E-state index in [-0.39, 0.29) is 0 Å². The molecule has 3 rings (SSSR count). The second kappa shape index (κ2) is 3.93. The van der Waals surface area contributed by atoms with Gasteiger partial charge in [0.2, 0.25) is 0 Å². The summed E-state index contributed by atoms with van der Waals surface area (Å²) >= 11 is 0. The molecular weight excluding hydrogens is 231 g/mol. The van der Waals surface area contributed by atoms with Gasteiger partial charge in [-0.1, -0.05) is 0 Å². The summed E-state index contributed by atoms with van der Waals surface area (Å²) in [7, 11) is 0. The zero-order valence-corrected chi connectivity index (χ0v) is 9.18. The molecule has 0 bridgehead atoms. The Balaban J connectivity index is 2.20. The second-order valence-electron chi connectivity index (χ2n) is 3.78. The molecule has 0 saturated carbocycles. The van der Waals surface area contributed by atoms with Crippen LogP contribution in [0.15, 0.2) is 36.7 Å². The number of hydrogen-bond donors (Lipinski definition) is 1. The molecule has 1 N–H and O–H groups in total. The van der Waals surface area contributed by atoms with Crippen molar-refractivity contribution in [3.8, 4) is 17.5 Å². The van der Waals surface area contributed by atoms with Gasteiger partial charge in [0, 0.05) is 6.20 Å². The fourth-order valence-electron chi connectivity index (χ4n) is 1.77. The maximum absolute atomic E-state index is 13.6. The molecule has 0 saturated heterocycles. The summed E-state index contributed by atoms with van der Waals surface area (Å²) in [4.78, 5) is 11.0. The Morgan fingerprint density at radius 1 is 1.28 bits per heavy atom. The predicted octanol–water partition coefficient (Wildman–Crippen LogP) is 2.64. The van der Waals surface area contributed by atoms with Crippen LogP contribution in [0.4, 0.5) is 4.39 Å². The highest BCUT2D eigenvalue weighted by Gasteiger charge is 2.09. The SMILES string of the molecule is N#Cc1ccc2nc(-c3ccncc3F)[nH]c2c1. The number of aromatic nitrogens is 3. The molecule has 0 radical (unpaired) electrons. The van der Waals surface area contributed by atoms with Crippen molar-refractivity contribution in [2.24, 2.45) is 0 Å². The van der Waals surface area contributed by atoms with E-state index in [2.05, 4.69) is 15.0 Å². The molecule has 86 valence electrons. The molecule has 0 unspecified atom stereocenters. The summed E-state index contributed by atoms with van der Waals surface area (Å²) in [5.74, 6) is -0.00273. The van der Waals surface area contributed by atoms with Crippen molar-refractivity contribution < 1.29 is 4.39 Å². The molecule has 4 nitrogen and oxygen atoms in total. The van der Waals surface area contributed by atoms with Crippen molar-refractivity contribution in [1.82, 2.24) is 15.0 Å². The normalized spacial score (nSPS) is 10.4. The molecular formula is C13H7FN4. The van der Waals surface area contributed by atoms with Gasteiger partial charge in [0.05, 0.1) is 34.4 Å². The summed E-state index contributed by atoms with van der Waals surface area (Å²) in [5.41, 5.74) is 2.30. The molecule has 0 spiro atoms. The van der Waals surface area contributed by atoms with Gasteiger partial charge < -0.3 is 4.98 Å². The molecule has 0 atom stereocenters. The highest BCUT2D eigenvalue weighted by Crippen LogP contribution is 2.22. The topological polar surface area (TPSA) is 65.4 Å². The molecule has 0 aliphatic heterocycles. The van der Waals surface area contributed by atoms with E-state index in [0.717, 1.165) is 6.20 Å². The van der Waals surface area contributed by atoms with Crippen molar-refractivity contribution >= 4 is 11.0 Å². The van der Waals surface area contributed by atoms with E-state index < -0.39 is 5.82 Å². The Morgan fingerprint density at radius 3 is 2.94 bits per heavy atom. The number of fused-ring (bicyclic) bond motifs is 1. The fourth-order valence-corrected chi connectivity index (χ4v) is 1.77. The lowest BCUT2D eigenvalue weighted by Gasteiger charge is -1.96. The van der Waals surface area contributed by atoms with Crippen LogP contribution in [0.5, 0.6) is 0 Å². The van der Waals surface area contributed by atoms with Crippen LogP contribution in [0.3, 0.4) is 0 Å². The van der Waals surface area contributed by atoms with E-state index in [4.69, 9.17) is 5.26 Å². The maximum Gasteiger partial charge on any atom is 0.152 e. The van der Waals surface area contributed by atoms with Crippen molar-refractivity contribution in [2.75, 3.05) is 0 Å². The Hall–Kier alpha value is -2.74. The Labute approximate surface area is 102 Å². The molecule has 2 heterocycles. The van der Waals surface area contributed by atoms with Gasteiger partial charge in [-0.05, 0) is 24.3 Å². The van der Waals surface area contributed by atoms with Crippen molar-refractivity contribution in [3.05, 3.63) is 48.0 Å². The van der Waals surface area contributed by atoms with Crippen molar-refractivity contribution in [2.45, 2.75) is 0 Å². The van der Waals surface area contributed by atoms with Crippen LogP contribution in [0.2, 0.25) is 0 Å². The first-order chi connectivity index (χ1) is 8.78. The largest absolute Gasteiger partial charge is 0.338 e. The van der Waals surface area contributed by atoms with Gasteiger partial charge in [0.1, 0.15) is 5.82 Å². The van der Waals surface area contributed by atoms with Crippen molar-refractivity contribution in [3.63, 3.8) is 0 Å². The lowest BCUT2D eigenvalue weighted by Crippen LogP contribution is -1.86. The van der Waals surface area contributed by atoms with Gasteiger partial charge in [-0.15, -0.1) is 0 Å². The minimum absolute atomic E-state index is 0.361. The fraction of sp³-hybridized carbons (Fsp3) is 0. The third kappa shape index (κ3) is 1.60. The summed E-state index contributed by atoms with van der Waals surface area (Å²) in [6.07, 6.45) is 2.65. The van der Waals surface area contributed by atoms with Gasteiger partial charge >= 0.3 is 0 Å². The minimum atomic E-state index is -0.433. The molecule has 2 aromatic heterocycles. The van der Waals surface area contributed by atoms with E-state index in [1.165, 1.54) is 6.20 Å². The highest BCUT2D eigenvalue weighted by atomic mass is 19.1. The van der Waals surface area contributed by atoms with Gasteiger partial charge in [0.15, 0.2) is 5.82 Å². The molecule has 3 aromatic rings. The Bertz CT molecular complexity index is 770. The molecule has 18 heavy (non-hydrogen) atoms. The van der Waals surface area contributed by atoms with Crippen LogP contribution in [-0.2, 0) is 0 Å². The van der Waals surface area contributed by atoms with Gasteiger partial charge in [-0.25, -0.2) is 9.37 Å². The third-order valence-corrected chi connectivity index (χ3v) is 2.64. The Morgan fingerprint density at radius 2 is 2.17 bits per heavy atom. The number of nitrogens with one attached hydrogen (secondary N) is 1. The number of nitriles is 1. The van der Waals surface area contributed by atoms with Crippen LogP contribution < -0.4 is 0 Å². The van der Waals surface area contributed by atoms with Crippen LogP contribution in [0.1, 0.15) is 5.56 Å². The third-order valence-electron chi connectivity index (χ3n) is 2.64. The molecule has 0 aliphatic carbocycles. The van der Waals surface area contributed by atoms with E-state index in [0.29, 0.717) is 28.0 Å². The Kier molecular flexibility index (Phi) is 2.27. The smallest absolute Gasteiger partial charge is 0.152 e. The molecule has 5 heteroatoms. The monoisotopic (exact) mass is 238 g/mol. The lowest BCUT2D eigenvalue weighted by atomic mass is 10.2. The lowest BCUT2D eigenvalue weighted by molar-refractivity contribution is 0.624. The van der Waals surface area contributed by atoms with Gasteiger partial charge in [0.25, 0.3) is 0 Å². The van der Waals surface area contributed by atoms with Gasteiger partial charge in [-0.3, -0.25) is 4.98 Å². The van der Waals surface area contributed by atoms with E-state index in [1.54, 1.807) is 24.3 Å². The van der Waals surface area contributed by atoms with E-state index in [1.807, 2.05) is 6.07 Å². The van der Waals surface area contributed by atoms with Crippen LogP contribution in [0, 0.1) is 17.1 Å². The number of benzene rings is 1. The van der Waals surface area contributed by atoms with E-state index >= 15 is 0 Å². The summed E-state index contributed by atoms with van der Waals surface area (Å²) < 4.78 is 13.6. The predicted molar refractivity (Wildman–Crippen MR) is 64.0 cm³/mol. The summed E-state index contributed by atoms with van der Waals surface area (Å²) in [6, 6.07) is 8.69. The molecule has 1 aromatic carbocycles. The standard InChI is InChI=1S/C13H7FN4/c14-10-7-16-4-3-9(10)13-17-11-2-1-8(6-15)5-12(11)18-13/h1-5,7H,(H,17,18). The number of rotatable bonds is 1. The number of hydrogen-bond acceptors (Lipinski definition) is 3. The zero-order chi connectivity index (χ0) is 12.5. The van der Waals surface area contributed by atoms with E-state index in [9.17, 15) is 4.39 Å². The molecule has 0 aliphatic rings. The van der Waals surface area contributed by atoms with Gasteiger partial charge in [-0.2, -0.15) is 5.26 Å². The first kappa shape index (κ1) is 10.4. The quantitative estimate of drug-likeness (QED) is 0.708. The average molecular weight is 238 g/mol. The number of imidazole rings is 1. The van der Waals surface area contributed by atoms with Crippen LogP contribution in [0.25, 0.3) is 22.4 Å². The maximum atomic E-state index is 13.6. The zero-order valence-electron chi connectivity index (χ0n) is 9.18. The minimum Gasteiger partial charge on any atom is -0.338 e. The number of pyridine rings is 1. The second-order valence-corrected chi connectivity index (χ2v) is 3.78. The molecule has 0 amide bonds. The average Bonchev–Trinajstić information content (AvgIpc) is 2.81. The number of aromatic amines is 1. The molecule has 0 fully saturated rings. The summed E-state index contributed by atoms with van der Waals surface area (Å²) in [6.45, 7) is 0. The number of halogens is 1. The van der Waals surface area contributed by atoms with Crippen molar-refractivity contribution in [1.29, 1.82) is 5.26 Å². The van der Waals surface area contributed by atoms with Crippen LogP contribution in [-0.4, -0.2) is 15.0 Å². The first-order valence-electron chi connectivity index (χ1n) is 5.27. The number of H-pyrrole nitrogens is 1. The highest BCUT2D eigenvalue weighted by molar-refractivity contribution is 5.80. The number of nitrogens with zero attached hydrogens (tertiary/aromatic N) is 3. The van der Waals surface area contributed by atoms with Crippen LogP contribution >= 0.6 is 0 Å². The summed E-state index contributed by atoms with van der Waals surface area (Å²) in [5, 5.41) is 8.81. The first-order valence-corrected chi connectivity index (χ1v) is 5.27.